The first-order chi connectivity index (χ1) is 34.2. The van der Waals surface area contributed by atoms with Crippen molar-refractivity contribution in [1.29, 1.82) is 0 Å². The van der Waals surface area contributed by atoms with Gasteiger partial charge in [-0.25, -0.2) is 0 Å². The smallest absolute Gasteiger partial charge is 0.230 e. The van der Waals surface area contributed by atoms with Crippen LogP contribution in [0.5, 0.6) is 0 Å². The number of nitrogens with zero attached hydrogens (tertiary/aromatic N) is 8. The highest BCUT2D eigenvalue weighted by Gasteiger charge is 2.39. The van der Waals surface area contributed by atoms with E-state index in [1.165, 1.54) is 45.3 Å². The lowest BCUT2D eigenvalue weighted by atomic mass is 10.1. The molecule has 0 saturated heterocycles. The Kier molecular flexibility index (Phi) is 16.2. The molecule has 2 aliphatic rings. The van der Waals surface area contributed by atoms with Crippen LogP contribution in [0.4, 0.5) is 20.5 Å². The number of carbonyl (C=O) groups is 4. The zero-order valence-electron chi connectivity index (χ0n) is 37.8. The molecule has 4 atom stereocenters. The molecule has 0 unspecified atom stereocenters. The monoisotopic (exact) mass is 1010 g/mol. The van der Waals surface area contributed by atoms with Crippen LogP contribution in [0.1, 0.15) is 55.1 Å². The summed E-state index contributed by atoms with van der Waals surface area (Å²) in [5.74, 6) is 1.73. The minimum atomic E-state index is -0.0915. The van der Waals surface area contributed by atoms with E-state index in [0.29, 0.717) is 69.9 Å². The van der Waals surface area contributed by atoms with Gasteiger partial charge in [0.1, 0.15) is 20.0 Å². The predicted molar refractivity (Wildman–Crippen MR) is 273 cm³/mol. The summed E-state index contributed by atoms with van der Waals surface area (Å²) in [7, 11) is 0. The lowest BCUT2D eigenvalue weighted by Gasteiger charge is -2.01. The molecule has 20 heteroatoms. The van der Waals surface area contributed by atoms with E-state index in [1.807, 2.05) is 121 Å². The average molecular weight is 1010 g/mol. The van der Waals surface area contributed by atoms with E-state index in [-0.39, 0.29) is 23.6 Å². The van der Waals surface area contributed by atoms with Crippen molar-refractivity contribution < 1.29 is 19.2 Å². The van der Waals surface area contributed by atoms with Crippen LogP contribution < -0.4 is 21.3 Å². The number of nitrogens with one attached hydrogen (secondary N) is 4. The Balaban J connectivity index is 0.000000174. The fourth-order valence-corrected chi connectivity index (χ4v) is 11.2. The molecular weight excluding hydrogens is 961 g/mol. The van der Waals surface area contributed by atoms with Crippen molar-refractivity contribution in [2.75, 3.05) is 21.3 Å². The molecule has 8 aromatic rings. The van der Waals surface area contributed by atoms with Crippen LogP contribution in [0.3, 0.4) is 0 Å². The number of aromatic nitrogens is 8. The first-order valence-electron chi connectivity index (χ1n) is 22.9. The molecule has 2 saturated carbocycles. The molecule has 4 aromatic heterocycles. The second-order valence-corrected chi connectivity index (χ2v) is 21.4. The van der Waals surface area contributed by atoms with Crippen molar-refractivity contribution in [2.24, 2.45) is 23.7 Å². The molecule has 2 aliphatic carbocycles. The third-order valence-electron chi connectivity index (χ3n) is 11.6. The minimum absolute atomic E-state index is 0.0915. The molecule has 10 rings (SSSR count). The topological polar surface area (TPSA) is 220 Å². The highest BCUT2D eigenvalue weighted by atomic mass is 32.1. The first kappa shape index (κ1) is 48.0. The molecule has 0 aliphatic heterocycles. The summed E-state index contributed by atoms with van der Waals surface area (Å²) in [6.07, 6.45) is 6.84. The maximum absolute atomic E-state index is 12.2. The van der Waals surface area contributed by atoms with Gasteiger partial charge >= 0.3 is 0 Å². The van der Waals surface area contributed by atoms with Crippen molar-refractivity contribution in [3.8, 4) is 0 Å². The van der Waals surface area contributed by atoms with Crippen molar-refractivity contribution in [3.63, 3.8) is 0 Å². The van der Waals surface area contributed by atoms with Crippen LogP contribution in [0.25, 0.3) is 0 Å². The van der Waals surface area contributed by atoms with Crippen molar-refractivity contribution in [1.82, 2.24) is 40.8 Å². The summed E-state index contributed by atoms with van der Waals surface area (Å²) in [5, 5.41) is 50.8. The lowest BCUT2D eigenvalue weighted by molar-refractivity contribution is -0.116. The zero-order valence-corrected chi connectivity index (χ0v) is 41.0. The van der Waals surface area contributed by atoms with Gasteiger partial charge in [-0.05, 0) is 58.8 Å². The number of anilines is 4. The molecule has 2 fully saturated rings. The maximum atomic E-state index is 12.2. The molecule has 0 spiro atoms. The standard InChI is InChI=1S/2C25H24N6O2S2/c2*32-20(11-16-7-3-1-4-8-16)26-24-30-28-22(34-24)14-18-13-19(18)15-23-29-31-25(35-23)27-21(33)12-17-9-5-2-6-10-17/h2*1-10,18-19H,11-15H2,(H,26,30,32)(H,27,31,33)/t2*18-,19-/m10/s1. The van der Waals surface area contributed by atoms with E-state index in [0.717, 1.165) is 80.8 Å². The molecule has 4 aromatic carbocycles. The Morgan fingerprint density at radius 3 is 0.771 bits per heavy atom. The lowest BCUT2D eigenvalue weighted by Crippen LogP contribution is -2.14. The average Bonchev–Trinajstić information content (AvgIpc) is 3.82. The molecule has 4 N–H and O–H groups in total. The number of benzene rings is 4. The van der Waals surface area contributed by atoms with E-state index in [1.54, 1.807) is 0 Å². The van der Waals surface area contributed by atoms with Gasteiger partial charge in [0.05, 0.1) is 25.7 Å². The summed E-state index contributed by atoms with van der Waals surface area (Å²) in [6.45, 7) is 0. The summed E-state index contributed by atoms with van der Waals surface area (Å²) in [6, 6.07) is 38.5. The second kappa shape index (κ2) is 23.5. The van der Waals surface area contributed by atoms with Gasteiger partial charge in [-0.3, -0.25) is 19.2 Å². The van der Waals surface area contributed by atoms with E-state index < -0.39 is 0 Å². The van der Waals surface area contributed by atoms with Crippen molar-refractivity contribution in [3.05, 3.63) is 164 Å². The second-order valence-electron chi connectivity index (χ2n) is 17.2. The van der Waals surface area contributed by atoms with Gasteiger partial charge in [-0.2, -0.15) is 0 Å². The van der Waals surface area contributed by atoms with E-state index in [9.17, 15) is 19.2 Å². The quantitative estimate of drug-likeness (QED) is 0.0566. The van der Waals surface area contributed by atoms with Gasteiger partial charge in [0.25, 0.3) is 0 Å². The Labute approximate surface area is 419 Å². The van der Waals surface area contributed by atoms with Gasteiger partial charge in [-0.15, -0.1) is 40.8 Å². The number of carbonyl (C=O) groups excluding carboxylic acids is 4. The molecule has 16 nitrogen and oxygen atoms in total. The van der Waals surface area contributed by atoms with Gasteiger partial charge in [-0.1, -0.05) is 167 Å². The van der Waals surface area contributed by atoms with E-state index >= 15 is 0 Å². The number of rotatable bonds is 20. The SMILES string of the molecule is O=C(Cc1ccccc1)Nc1nnc(C[C@@H]2C[C@H]2Cc2nnc(NC(=O)Cc3ccccc3)s2)s1.O=C(Cc1ccccc1)Nc1nnc(C[C@H]2C[C@@H]2Cc2nnc(NC(=O)Cc3ccccc3)s2)s1. The van der Waals surface area contributed by atoms with Gasteiger partial charge in [0.2, 0.25) is 44.2 Å². The van der Waals surface area contributed by atoms with Crippen molar-refractivity contribution >= 4 is 89.5 Å². The van der Waals surface area contributed by atoms with Gasteiger partial charge in [0, 0.05) is 25.7 Å². The zero-order chi connectivity index (χ0) is 48.1. The van der Waals surface area contributed by atoms with Crippen LogP contribution >= 0.6 is 45.3 Å². The molecule has 0 radical (unpaired) electrons. The normalized spacial score (nSPS) is 16.6. The van der Waals surface area contributed by atoms with Crippen LogP contribution in [-0.4, -0.2) is 64.4 Å². The molecular formula is C50H48N12O4S4. The fraction of sp³-hybridized carbons (Fsp3) is 0.280. The van der Waals surface area contributed by atoms with Crippen LogP contribution in [0.2, 0.25) is 0 Å². The summed E-state index contributed by atoms with van der Waals surface area (Å²) in [5.41, 5.74) is 3.86. The fourth-order valence-electron chi connectivity index (χ4n) is 7.84. The Bertz CT molecular complexity index is 2590. The number of hydrogen-bond acceptors (Lipinski definition) is 16. The van der Waals surface area contributed by atoms with E-state index in [2.05, 4.69) is 62.1 Å². The maximum Gasteiger partial charge on any atom is 0.230 e. The minimum Gasteiger partial charge on any atom is -0.300 e. The Morgan fingerprint density at radius 1 is 0.343 bits per heavy atom. The summed E-state index contributed by atoms with van der Waals surface area (Å²) >= 11 is 5.73. The van der Waals surface area contributed by atoms with Gasteiger partial charge < -0.3 is 21.3 Å². The molecule has 0 bridgehead atoms. The first-order valence-corrected chi connectivity index (χ1v) is 26.1. The molecule has 70 heavy (non-hydrogen) atoms. The Morgan fingerprint density at radius 2 is 0.557 bits per heavy atom. The Hall–Kier alpha value is -7.00. The third-order valence-corrected chi connectivity index (χ3v) is 15.0. The summed E-state index contributed by atoms with van der Waals surface area (Å²) in [4.78, 5) is 48.9. The van der Waals surface area contributed by atoms with E-state index in [4.69, 9.17) is 0 Å². The largest absolute Gasteiger partial charge is 0.300 e. The predicted octanol–water partition coefficient (Wildman–Crippen LogP) is 8.35. The van der Waals surface area contributed by atoms with Gasteiger partial charge in [0.15, 0.2) is 0 Å². The van der Waals surface area contributed by atoms with Crippen molar-refractivity contribution in [2.45, 2.75) is 64.2 Å². The molecule has 356 valence electrons. The summed E-state index contributed by atoms with van der Waals surface area (Å²) < 4.78 is 0. The van der Waals surface area contributed by atoms with Crippen LogP contribution in [0, 0.1) is 23.7 Å². The molecule has 4 heterocycles. The third kappa shape index (κ3) is 15.0. The number of hydrogen-bond donors (Lipinski definition) is 4. The highest BCUT2D eigenvalue weighted by Crippen LogP contribution is 2.45. The highest BCUT2D eigenvalue weighted by molar-refractivity contribution is 7.16. The molecule has 4 amide bonds. The van der Waals surface area contributed by atoms with Crippen LogP contribution in [-0.2, 0) is 70.5 Å². The van der Waals surface area contributed by atoms with Crippen LogP contribution in [0.15, 0.2) is 121 Å². The number of amides is 4.